The van der Waals surface area contributed by atoms with Crippen molar-refractivity contribution in [1.29, 1.82) is 0 Å². The molecular weight excluding hydrogens is 327 g/mol. The van der Waals surface area contributed by atoms with Crippen LogP contribution in [0.25, 0.3) is 0 Å². The fraction of sp³-hybridized carbons (Fsp3) is 0.286. The third-order valence-corrected chi connectivity index (χ3v) is 4.18. The second kappa shape index (κ2) is 6.39. The van der Waals surface area contributed by atoms with E-state index in [-0.39, 0.29) is 5.82 Å². The van der Waals surface area contributed by atoms with Crippen molar-refractivity contribution in [2.45, 2.75) is 26.2 Å². The molecule has 1 heterocycles. The van der Waals surface area contributed by atoms with Crippen molar-refractivity contribution < 1.29 is 4.39 Å². The van der Waals surface area contributed by atoms with Gasteiger partial charge in [0.1, 0.15) is 16.3 Å². The van der Waals surface area contributed by atoms with Crippen LogP contribution in [0.3, 0.4) is 0 Å². The molecule has 5 heteroatoms. The zero-order valence-corrected chi connectivity index (χ0v) is 12.9. The topological polar surface area (TPSA) is 28.7 Å². The zero-order valence-electron chi connectivity index (χ0n) is 10.5. The van der Waals surface area contributed by atoms with Gasteiger partial charge in [-0.2, -0.15) is 0 Å². The first-order valence-electron chi connectivity index (χ1n) is 6.12. The zero-order chi connectivity index (χ0) is 13.8. The van der Waals surface area contributed by atoms with Crippen LogP contribution in [0.5, 0.6) is 0 Å². The first-order valence-corrected chi connectivity index (χ1v) is 7.32. The second-order valence-corrected chi connectivity index (χ2v) is 5.51. The van der Waals surface area contributed by atoms with Crippen molar-refractivity contribution in [3.63, 3.8) is 0 Å². The first kappa shape index (κ1) is 14.3. The fourth-order valence-electron chi connectivity index (χ4n) is 1.86. The van der Waals surface area contributed by atoms with E-state index in [2.05, 4.69) is 32.8 Å². The van der Waals surface area contributed by atoms with Crippen LogP contribution in [0.15, 0.2) is 28.7 Å². The Balaban J connectivity index is 2.30. The minimum absolute atomic E-state index is 0.230. The van der Waals surface area contributed by atoms with Gasteiger partial charge in [0.05, 0.1) is 4.47 Å². The van der Waals surface area contributed by atoms with Crippen LogP contribution in [0.2, 0.25) is 0 Å². The van der Waals surface area contributed by atoms with Gasteiger partial charge in [-0.25, -0.2) is 9.37 Å². The molecule has 0 atom stereocenters. The van der Waals surface area contributed by atoms with Crippen molar-refractivity contribution in [3.05, 3.63) is 56.3 Å². The van der Waals surface area contributed by atoms with Crippen molar-refractivity contribution in [1.82, 2.24) is 9.97 Å². The Hall–Kier alpha value is -1.07. The molecule has 0 spiro atoms. The van der Waals surface area contributed by atoms with E-state index in [0.717, 1.165) is 34.4 Å². The Morgan fingerprint density at radius 2 is 2.00 bits per heavy atom. The maximum atomic E-state index is 12.9. The van der Waals surface area contributed by atoms with E-state index in [1.54, 1.807) is 12.1 Å². The van der Waals surface area contributed by atoms with E-state index in [4.69, 9.17) is 12.2 Å². The molecule has 0 aliphatic heterocycles. The SMILES string of the molecule is CCCc1[nH]c(Cc2ccc(F)cc2)nc(=S)c1Br. The average Bonchev–Trinajstić information content (AvgIpc) is 2.38. The molecule has 100 valence electrons. The van der Waals surface area contributed by atoms with Gasteiger partial charge in [-0.3, -0.25) is 0 Å². The lowest BCUT2D eigenvalue weighted by molar-refractivity contribution is 0.627. The third-order valence-electron chi connectivity index (χ3n) is 2.77. The van der Waals surface area contributed by atoms with Gasteiger partial charge in [0.15, 0.2) is 0 Å². The Kier molecular flexibility index (Phi) is 4.82. The van der Waals surface area contributed by atoms with Crippen molar-refractivity contribution >= 4 is 28.1 Å². The van der Waals surface area contributed by atoms with Gasteiger partial charge in [-0.15, -0.1) is 0 Å². The van der Waals surface area contributed by atoms with E-state index in [9.17, 15) is 4.39 Å². The van der Waals surface area contributed by atoms with Crippen molar-refractivity contribution in [2.24, 2.45) is 0 Å². The lowest BCUT2D eigenvalue weighted by atomic mass is 10.1. The van der Waals surface area contributed by atoms with Gasteiger partial charge in [0.2, 0.25) is 0 Å². The van der Waals surface area contributed by atoms with E-state index in [1.165, 1.54) is 12.1 Å². The standard InChI is InChI=1S/C14H14BrFN2S/c1-2-3-11-13(15)14(19)18-12(17-11)8-9-4-6-10(16)7-5-9/h4-7H,2-3,8H2,1H3,(H,17,18,19). The third kappa shape index (κ3) is 3.70. The van der Waals surface area contributed by atoms with Crippen LogP contribution in [-0.4, -0.2) is 9.97 Å². The van der Waals surface area contributed by atoms with Crippen molar-refractivity contribution in [3.8, 4) is 0 Å². The Morgan fingerprint density at radius 3 is 2.63 bits per heavy atom. The number of H-pyrrole nitrogens is 1. The summed E-state index contributed by atoms with van der Waals surface area (Å²) in [7, 11) is 0. The number of hydrogen-bond donors (Lipinski definition) is 1. The molecule has 1 aromatic heterocycles. The number of rotatable bonds is 4. The number of aromatic nitrogens is 2. The summed E-state index contributed by atoms with van der Waals surface area (Å²) in [6.07, 6.45) is 2.57. The molecule has 0 radical (unpaired) electrons. The molecule has 0 saturated heterocycles. The maximum absolute atomic E-state index is 12.9. The van der Waals surface area contributed by atoms with E-state index in [0.29, 0.717) is 11.1 Å². The molecule has 0 saturated carbocycles. The molecular formula is C14H14BrFN2S. The minimum atomic E-state index is -0.230. The predicted octanol–water partition coefficient (Wildman–Crippen LogP) is 4.58. The number of halogens is 2. The molecule has 0 bridgehead atoms. The van der Waals surface area contributed by atoms with E-state index in [1.807, 2.05) is 0 Å². The normalized spacial score (nSPS) is 10.7. The smallest absolute Gasteiger partial charge is 0.144 e. The lowest BCUT2D eigenvalue weighted by Gasteiger charge is -2.08. The molecule has 0 fully saturated rings. The molecule has 1 N–H and O–H groups in total. The molecule has 2 nitrogen and oxygen atoms in total. The second-order valence-electron chi connectivity index (χ2n) is 4.33. The average molecular weight is 341 g/mol. The van der Waals surface area contributed by atoms with Gasteiger partial charge in [-0.1, -0.05) is 37.7 Å². The fourth-order valence-corrected chi connectivity index (χ4v) is 2.48. The molecule has 19 heavy (non-hydrogen) atoms. The predicted molar refractivity (Wildman–Crippen MR) is 80.3 cm³/mol. The number of nitrogens with zero attached hydrogens (tertiary/aromatic N) is 1. The van der Waals surface area contributed by atoms with Gasteiger partial charge >= 0.3 is 0 Å². The summed E-state index contributed by atoms with van der Waals surface area (Å²) in [5, 5.41) is 0. The van der Waals surface area contributed by atoms with Crippen LogP contribution < -0.4 is 0 Å². The van der Waals surface area contributed by atoms with Crippen LogP contribution in [0.4, 0.5) is 4.39 Å². The van der Waals surface area contributed by atoms with E-state index < -0.39 is 0 Å². The van der Waals surface area contributed by atoms with Gasteiger partial charge in [-0.05, 0) is 40.0 Å². The maximum Gasteiger partial charge on any atom is 0.144 e. The summed E-state index contributed by atoms with van der Waals surface area (Å²) < 4.78 is 14.3. The number of benzene rings is 1. The summed E-state index contributed by atoms with van der Waals surface area (Å²) in [5.41, 5.74) is 2.07. The van der Waals surface area contributed by atoms with Crippen LogP contribution in [0.1, 0.15) is 30.4 Å². The first-order chi connectivity index (χ1) is 9.10. The Morgan fingerprint density at radius 1 is 1.32 bits per heavy atom. The lowest BCUT2D eigenvalue weighted by Crippen LogP contribution is -2.02. The van der Waals surface area contributed by atoms with Crippen LogP contribution >= 0.6 is 28.1 Å². The molecule has 2 rings (SSSR count). The van der Waals surface area contributed by atoms with Gasteiger partial charge in [0.25, 0.3) is 0 Å². The quantitative estimate of drug-likeness (QED) is 0.825. The number of hydrogen-bond acceptors (Lipinski definition) is 2. The summed E-state index contributed by atoms with van der Waals surface area (Å²) in [6.45, 7) is 2.11. The highest BCUT2D eigenvalue weighted by molar-refractivity contribution is 9.10. The summed E-state index contributed by atoms with van der Waals surface area (Å²) in [4.78, 5) is 7.65. The summed E-state index contributed by atoms with van der Waals surface area (Å²) in [5.74, 6) is 0.579. The number of aromatic amines is 1. The monoisotopic (exact) mass is 340 g/mol. The molecule has 1 aromatic carbocycles. The highest BCUT2D eigenvalue weighted by atomic mass is 79.9. The van der Waals surface area contributed by atoms with Gasteiger partial charge < -0.3 is 4.98 Å². The van der Waals surface area contributed by atoms with Crippen LogP contribution in [0, 0.1) is 10.5 Å². The minimum Gasteiger partial charge on any atom is -0.346 e. The number of aryl methyl sites for hydroxylation is 1. The highest BCUT2D eigenvalue weighted by Gasteiger charge is 2.06. The largest absolute Gasteiger partial charge is 0.346 e. The molecule has 0 unspecified atom stereocenters. The Bertz CT molecular complexity index is 622. The highest BCUT2D eigenvalue weighted by Crippen LogP contribution is 2.18. The number of nitrogens with one attached hydrogen (secondary N) is 1. The Labute approximate surface area is 125 Å². The van der Waals surface area contributed by atoms with Crippen LogP contribution in [-0.2, 0) is 12.8 Å². The molecule has 0 amide bonds. The van der Waals surface area contributed by atoms with E-state index >= 15 is 0 Å². The summed E-state index contributed by atoms with van der Waals surface area (Å²) >= 11 is 8.70. The molecule has 0 aliphatic rings. The summed E-state index contributed by atoms with van der Waals surface area (Å²) in [6, 6.07) is 6.43. The van der Waals surface area contributed by atoms with Crippen molar-refractivity contribution in [2.75, 3.05) is 0 Å². The molecule has 0 aliphatic carbocycles. The molecule has 2 aromatic rings. The van der Waals surface area contributed by atoms with Gasteiger partial charge in [0, 0.05) is 12.1 Å².